The Kier molecular flexibility index (Phi) is 6.25. The zero-order chi connectivity index (χ0) is 13.5. The molecule has 18 heavy (non-hydrogen) atoms. The molecule has 0 radical (unpaired) electrons. The summed E-state index contributed by atoms with van der Waals surface area (Å²) < 4.78 is 0. The fourth-order valence-electron chi connectivity index (χ4n) is 1.70. The number of nitrogens with zero attached hydrogens (tertiary/aromatic N) is 2. The molecule has 1 N–H and O–H groups in total. The lowest BCUT2D eigenvalue weighted by Gasteiger charge is -2.12. The summed E-state index contributed by atoms with van der Waals surface area (Å²) >= 11 is 1.47. The quantitative estimate of drug-likeness (QED) is 0.818. The molecule has 0 bridgehead atoms. The normalized spacial score (nSPS) is 12.7. The number of amides is 1. The highest BCUT2D eigenvalue weighted by Gasteiger charge is 2.18. The number of hydrogen-bond donors (Lipinski definition) is 1. The van der Waals surface area contributed by atoms with E-state index in [1.165, 1.54) is 11.3 Å². The van der Waals surface area contributed by atoms with Gasteiger partial charge in [0.05, 0.1) is 0 Å². The van der Waals surface area contributed by atoms with Crippen molar-refractivity contribution in [1.82, 2.24) is 10.2 Å². The molecule has 0 aliphatic carbocycles. The SMILES string of the molecule is CCCC[C@H](CC)C(=O)Nc1nnc(C(C)C)s1. The van der Waals surface area contributed by atoms with E-state index in [1.54, 1.807) is 0 Å². The fourth-order valence-corrected chi connectivity index (χ4v) is 2.45. The second-order valence-electron chi connectivity index (χ2n) is 4.84. The van der Waals surface area contributed by atoms with Crippen LogP contribution in [0.15, 0.2) is 0 Å². The molecule has 0 unspecified atom stereocenters. The maximum atomic E-state index is 12.1. The summed E-state index contributed by atoms with van der Waals surface area (Å²) in [4.78, 5) is 12.1. The summed E-state index contributed by atoms with van der Waals surface area (Å²) in [6.45, 7) is 8.34. The first-order chi connectivity index (χ1) is 8.58. The molecule has 0 aliphatic heterocycles. The largest absolute Gasteiger partial charge is 0.300 e. The highest BCUT2D eigenvalue weighted by molar-refractivity contribution is 7.15. The zero-order valence-electron chi connectivity index (χ0n) is 11.7. The van der Waals surface area contributed by atoms with Gasteiger partial charge in [-0.05, 0) is 12.8 Å². The molecule has 0 aromatic carbocycles. The maximum Gasteiger partial charge on any atom is 0.229 e. The molecule has 102 valence electrons. The minimum atomic E-state index is 0.0809. The number of hydrogen-bond acceptors (Lipinski definition) is 4. The number of carbonyl (C=O) groups excluding carboxylic acids is 1. The summed E-state index contributed by atoms with van der Waals surface area (Å²) in [6, 6.07) is 0. The van der Waals surface area contributed by atoms with Gasteiger partial charge in [0.25, 0.3) is 0 Å². The van der Waals surface area contributed by atoms with Gasteiger partial charge in [0, 0.05) is 11.8 Å². The molecule has 1 aromatic heterocycles. The summed E-state index contributed by atoms with van der Waals surface area (Å²) in [7, 11) is 0. The molecule has 1 rings (SSSR count). The molecule has 0 fully saturated rings. The van der Waals surface area contributed by atoms with E-state index >= 15 is 0 Å². The Morgan fingerprint density at radius 2 is 2.06 bits per heavy atom. The molecule has 1 heterocycles. The van der Waals surface area contributed by atoms with Crippen molar-refractivity contribution in [3.05, 3.63) is 5.01 Å². The molecule has 5 heteroatoms. The lowest BCUT2D eigenvalue weighted by Crippen LogP contribution is -2.22. The number of carbonyl (C=O) groups is 1. The summed E-state index contributed by atoms with van der Waals surface area (Å²) in [6.07, 6.45) is 4.05. The van der Waals surface area contributed by atoms with E-state index in [1.807, 2.05) is 0 Å². The highest BCUT2D eigenvalue weighted by Crippen LogP contribution is 2.23. The third kappa shape index (κ3) is 4.37. The zero-order valence-corrected chi connectivity index (χ0v) is 12.5. The minimum absolute atomic E-state index is 0.0809. The van der Waals surface area contributed by atoms with Gasteiger partial charge in [0.2, 0.25) is 11.0 Å². The molecule has 1 aromatic rings. The highest BCUT2D eigenvalue weighted by atomic mass is 32.1. The first-order valence-electron chi connectivity index (χ1n) is 6.72. The Hall–Kier alpha value is -0.970. The molecule has 0 aliphatic rings. The lowest BCUT2D eigenvalue weighted by molar-refractivity contribution is -0.120. The molecule has 0 saturated heterocycles. The molecule has 4 nitrogen and oxygen atoms in total. The van der Waals surface area contributed by atoms with Crippen molar-refractivity contribution in [2.45, 2.75) is 59.3 Å². The van der Waals surface area contributed by atoms with Gasteiger partial charge >= 0.3 is 0 Å². The van der Waals surface area contributed by atoms with E-state index in [4.69, 9.17) is 0 Å². The van der Waals surface area contributed by atoms with E-state index in [0.717, 1.165) is 30.7 Å². The Balaban J connectivity index is 2.56. The van der Waals surface area contributed by atoms with Crippen molar-refractivity contribution in [2.24, 2.45) is 5.92 Å². The first kappa shape index (κ1) is 15.1. The van der Waals surface area contributed by atoms with Crippen LogP contribution in [0.1, 0.15) is 64.3 Å². The van der Waals surface area contributed by atoms with Crippen LogP contribution in [-0.2, 0) is 4.79 Å². The van der Waals surface area contributed by atoms with Gasteiger partial charge in [-0.25, -0.2) is 0 Å². The van der Waals surface area contributed by atoms with E-state index < -0.39 is 0 Å². The number of nitrogens with one attached hydrogen (secondary N) is 1. The Labute approximate surface area is 113 Å². The molecule has 0 saturated carbocycles. The van der Waals surface area contributed by atoms with Crippen LogP contribution < -0.4 is 5.32 Å². The summed E-state index contributed by atoms with van der Waals surface area (Å²) in [5.41, 5.74) is 0. The fraction of sp³-hybridized carbons (Fsp3) is 0.769. The average Bonchev–Trinajstić information content (AvgIpc) is 2.78. The number of unbranched alkanes of at least 4 members (excludes halogenated alkanes) is 1. The van der Waals surface area contributed by atoms with Crippen LogP contribution >= 0.6 is 11.3 Å². The van der Waals surface area contributed by atoms with Crippen LogP contribution in [-0.4, -0.2) is 16.1 Å². The molecule has 1 atom stereocenters. The predicted octanol–water partition coefficient (Wildman–Crippen LogP) is 3.82. The third-order valence-corrected chi connectivity index (χ3v) is 4.07. The van der Waals surface area contributed by atoms with Gasteiger partial charge in [-0.1, -0.05) is 51.9 Å². The topological polar surface area (TPSA) is 54.9 Å². The minimum Gasteiger partial charge on any atom is -0.300 e. The monoisotopic (exact) mass is 269 g/mol. The third-order valence-electron chi connectivity index (χ3n) is 2.93. The van der Waals surface area contributed by atoms with Crippen molar-refractivity contribution in [3.8, 4) is 0 Å². The Bertz CT molecular complexity index is 376. The van der Waals surface area contributed by atoms with Crippen molar-refractivity contribution in [2.75, 3.05) is 5.32 Å². The Morgan fingerprint density at radius 3 is 2.56 bits per heavy atom. The maximum absolute atomic E-state index is 12.1. The average molecular weight is 269 g/mol. The van der Waals surface area contributed by atoms with E-state index in [9.17, 15) is 4.79 Å². The summed E-state index contributed by atoms with van der Waals surface area (Å²) in [5.74, 6) is 0.531. The van der Waals surface area contributed by atoms with Crippen molar-refractivity contribution in [1.29, 1.82) is 0 Å². The van der Waals surface area contributed by atoms with Crippen LogP contribution in [0.5, 0.6) is 0 Å². The van der Waals surface area contributed by atoms with Gasteiger partial charge in [0.15, 0.2) is 0 Å². The van der Waals surface area contributed by atoms with E-state index in [-0.39, 0.29) is 11.8 Å². The Morgan fingerprint density at radius 1 is 1.33 bits per heavy atom. The van der Waals surface area contributed by atoms with E-state index in [2.05, 4.69) is 43.2 Å². The van der Waals surface area contributed by atoms with Gasteiger partial charge < -0.3 is 5.32 Å². The van der Waals surface area contributed by atoms with Crippen molar-refractivity contribution in [3.63, 3.8) is 0 Å². The number of rotatable bonds is 7. The van der Waals surface area contributed by atoms with Gasteiger partial charge in [-0.15, -0.1) is 10.2 Å². The van der Waals surface area contributed by atoms with Gasteiger partial charge in [-0.3, -0.25) is 4.79 Å². The smallest absolute Gasteiger partial charge is 0.229 e. The number of aromatic nitrogens is 2. The van der Waals surface area contributed by atoms with Crippen LogP contribution in [0.2, 0.25) is 0 Å². The van der Waals surface area contributed by atoms with Crippen LogP contribution in [0.4, 0.5) is 5.13 Å². The van der Waals surface area contributed by atoms with Crippen molar-refractivity contribution >= 4 is 22.4 Å². The van der Waals surface area contributed by atoms with E-state index in [0.29, 0.717) is 11.0 Å². The molecular weight excluding hydrogens is 246 g/mol. The second kappa shape index (κ2) is 7.46. The predicted molar refractivity (Wildman–Crippen MR) is 75.9 cm³/mol. The van der Waals surface area contributed by atoms with Gasteiger partial charge in [0.1, 0.15) is 5.01 Å². The molecule has 0 spiro atoms. The second-order valence-corrected chi connectivity index (χ2v) is 5.85. The number of anilines is 1. The molecule has 1 amide bonds. The lowest BCUT2D eigenvalue weighted by atomic mass is 9.99. The van der Waals surface area contributed by atoms with Crippen LogP contribution in [0.3, 0.4) is 0 Å². The molecular formula is C13H23N3OS. The summed E-state index contributed by atoms with van der Waals surface area (Å²) in [5, 5.41) is 12.6. The van der Waals surface area contributed by atoms with Crippen molar-refractivity contribution < 1.29 is 4.79 Å². The standard InChI is InChI=1S/C13H23N3OS/c1-5-7-8-10(6-2)11(17)14-13-16-15-12(18-13)9(3)4/h9-10H,5-8H2,1-4H3,(H,14,16,17)/t10-/m0/s1. The van der Waals surface area contributed by atoms with Crippen LogP contribution in [0.25, 0.3) is 0 Å². The van der Waals surface area contributed by atoms with Gasteiger partial charge in [-0.2, -0.15) is 0 Å². The van der Waals surface area contributed by atoms with Crippen LogP contribution in [0, 0.1) is 5.92 Å². The first-order valence-corrected chi connectivity index (χ1v) is 7.54.